The summed E-state index contributed by atoms with van der Waals surface area (Å²) in [5.41, 5.74) is 2.64. The molecule has 0 saturated carbocycles. The number of rotatable bonds is 6. The fourth-order valence-electron chi connectivity index (χ4n) is 1.86. The Morgan fingerprint density at radius 3 is 2.72 bits per heavy atom. The van der Waals surface area contributed by atoms with Gasteiger partial charge in [0.15, 0.2) is 0 Å². The SMILES string of the molecule is COC(=O)CCNCC(C)(C)c1cccc(C)c1. The van der Waals surface area contributed by atoms with Crippen LogP contribution in [0.5, 0.6) is 0 Å². The summed E-state index contributed by atoms with van der Waals surface area (Å²) < 4.78 is 4.60. The minimum Gasteiger partial charge on any atom is -0.469 e. The zero-order chi connectivity index (χ0) is 13.6. The topological polar surface area (TPSA) is 38.3 Å². The van der Waals surface area contributed by atoms with Gasteiger partial charge in [0.25, 0.3) is 0 Å². The van der Waals surface area contributed by atoms with Gasteiger partial charge in [-0.25, -0.2) is 0 Å². The fourth-order valence-corrected chi connectivity index (χ4v) is 1.86. The normalized spacial score (nSPS) is 11.3. The summed E-state index contributed by atoms with van der Waals surface area (Å²) in [7, 11) is 1.42. The number of methoxy groups -OCH3 is 1. The van der Waals surface area contributed by atoms with Crippen molar-refractivity contribution in [2.45, 2.75) is 32.6 Å². The number of esters is 1. The van der Waals surface area contributed by atoms with Gasteiger partial charge in [-0.05, 0) is 12.5 Å². The highest BCUT2D eigenvalue weighted by atomic mass is 16.5. The van der Waals surface area contributed by atoms with Crippen LogP contribution in [0.1, 0.15) is 31.4 Å². The summed E-state index contributed by atoms with van der Waals surface area (Å²) in [5, 5.41) is 3.31. The Morgan fingerprint density at radius 2 is 2.11 bits per heavy atom. The molecular formula is C15H23NO2. The van der Waals surface area contributed by atoms with Crippen LogP contribution in [0, 0.1) is 6.92 Å². The number of carbonyl (C=O) groups excluding carboxylic acids is 1. The second-order valence-corrected chi connectivity index (χ2v) is 5.26. The first kappa shape index (κ1) is 14.7. The van der Waals surface area contributed by atoms with E-state index in [4.69, 9.17) is 0 Å². The van der Waals surface area contributed by atoms with Crippen molar-refractivity contribution in [3.8, 4) is 0 Å². The summed E-state index contributed by atoms with van der Waals surface area (Å²) in [6, 6.07) is 8.54. The fraction of sp³-hybridized carbons (Fsp3) is 0.533. The van der Waals surface area contributed by atoms with Crippen molar-refractivity contribution < 1.29 is 9.53 Å². The molecule has 3 nitrogen and oxygen atoms in total. The summed E-state index contributed by atoms with van der Waals surface area (Å²) >= 11 is 0. The molecule has 18 heavy (non-hydrogen) atoms. The lowest BCUT2D eigenvalue weighted by atomic mass is 9.84. The monoisotopic (exact) mass is 249 g/mol. The highest BCUT2D eigenvalue weighted by Gasteiger charge is 2.20. The Morgan fingerprint density at radius 1 is 1.39 bits per heavy atom. The molecule has 0 bridgehead atoms. The zero-order valence-corrected chi connectivity index (χ0v) is 11.7. The molecule has 0 aromatic heterocycles. The van der Waals surface area contributed by atoms with Gasteiger partial charge in [-0.3, -0.25) is 4.79 Å². The summed E-state index contributed by atoms with van der Waals surface area (Å²) in [5.74, 6) is -0.170. The number of hydrogen-bond donors (Lipinski definition) is 1. The molecule has 0 aliphatic heterocycles. The first-order valence-electron chi connectivity index (χ1n) is 6.30. The van der Waals surface area contributed by atoms with Crippen molar-refractivity contribution in [2.24, 2.45) is 0 Å². The average Bonchev–Trinajstić information content (AvgIpc) is 2.34. The Bertz CT molecular complexity index is 399. The van der Waals surface area contributed by atoms with Gasteiger partial charge < -0.3 is 10.1 Å². The molecule has 0 aliphatic rings. The van der Waals surface area contributed by atoms with E-state index in [-0.39, 0.29) is 11.4 Å². The molecule has 3 heteroatoms. The molecule has 0 aliphatic carbocycles. The number of carbonyl (C=O) groups is 1. The molecule has 100 valence electrons. The van der Waals surface area contributed by atoms with E-state index in [1.54, 1.807) is 0 Å². The Balaban J connectivity index is 2.47. The summed E-state index contributed by atoms with van der Waals surface area (Å²) in [4.78, 5) is 11.0. The maximum atomic E-state index is 11.0. The van der Waals surface area contributed by atoms with Crippen molar-refractivity contribution in [3.05, 3.63) is 35.4 Å². The lowest BCUT2D eigenvalue weighted by Crippen LogP contribution is -2.34. The molecule has 0 fully saturated rings. The highest BCUT2D eigenvalue weighted by molar-refractivity contribution is 5.69. The van der Waals surface area contributed by atoms with Gasteiger partial charge in [-0.2, -0.15) is 0 Å². The van der Waals surface area contributed by atoms with E-state index in [1.165, 1.54) is 18.2 Å². The maximum absolute atomic E-state index is 11.0. The minimum absolute atomic E-state index is 0.0577. The van der Waals surface area contributed by atoms with Crippen LogP contribution in [-0.2, 0) is 14.9 Å². The molecule has 0 spiro atoms. The van der Waals surface area contributed by atoms with Crippen molar-refractivity contribution >= 4 is 5.97 Å². The maximum Gasteiger partial charge on any atom is 0.306 e. The first-order valence-corrected chi connectivity index (χ1v) is 6.30. The van der Waals surface area contributed by atoms with Crippen LogP contribution in [0.15, 0.2) is 24.3 Å². The molecule has 1 aromatic carbocycles. The van der Waals surface area contributed by atoms with Crippen LogP contribution >= 0.6 is 0 Å². The van der Waals surface area contributed by atoms with E-state index < -0.39 is 0 Å². The number of benzene rings is 1. The Kier molecular flexibility index (Phi) is 5.35. The van der Waals surface area contributed by atoms with Gasteiger partial charge in [0.1, 0.15) is 0 Å². The van der Waals surface area contributed by atoms with Gasteiger partial charge >= 0.3 is 5.97 Å². The lowest BCUT2D eigenvalue weighted by molar-refractivity contribution is -0.140. The second-order valence-electron chi connectivity index (χ2n) is 5.26. The third-order valence-corrected chi connectivity index (χ3v) is 3.10. The van der Waals surface area contributed by atoms with Gasteiger partial charge in [-0.1, -0.05) is 43.7 Å². The molecule has 1 rings (SSSR count). The van der Waals surface area contributed by atoms with Crippen LogP contribution in [0.4, 0.5) is 0 Å². The number of ether oxygens (including phenoxy) is 1. The third kappa shape index (κ3) is 4.49. The van der Waals surface area contributed by atoms with Crippen molar-refractivity contribution in [3.63, 3.8) is 0 Å². The smallest absolute Gasteiger partial charge is 0.306 e. The molecule has 0 unspecified atom stereocenters. The van der Waals surface area contributed by atoms with Crippen molar-refractivity contribution in [2.75, 3.05) is 20.2 Å². The van der Waals surface area contributed by atoms with E-state index in [9.17, 15) is 4.79 Å². The van der Waals surface area contributed by atoms with E-state index >= 15 is 0 Å². The van der Waals surface area contributed by atoms with Crippen LogP contribution in [0.3, 0.4) is 0 Å². The van der Waals surface area contributed by atoms with Gasteiger partial charge in [-0.15, -0.1) is 0 Å². The molecule has 0 heterocycles. The van der Waals surface area contributed by atoms with Crippen LogP contribution in [0.25, 0.3) is 0 Å². The Hall–Kier alpha value is -1.35. The third-order valence-electron chi connectivity index (χ3n) is 3.10. The second kappa shape index (κ2) is 6.55. The largest absolute Gasteiger partial charge is 0.469 e. The molecule has 0 amide bonds. The van der Waals surface area contributed by atoms with Crippen molar-refractivity contribution in [1.29, 1.82) is 0 Å². The highest BCUT2D eigenvalue weighted by Crippen LogP contribution is 2.22. The molecule has 1 N–H and O–H groups in total. The van der Waals surface area contributed by atoms with E-state index in [1.807, 2.05) is 0 Å². The Labute approximate surface area is 110 Å². The summed E-state index contributed by atoms with van der Waals surface area (Å²) in [6.45, 7) is 8.00. The first-order chi connectivity index (χ1) is 8.45. The van der Waals surface area contributed by atoms with E-state index in [2.05, 4.69) is 55.1 Å². The van der Waals surface area contributed by atoms with Crippen LogP contribution in [0.2, 0.25) is 0 Å². The molecular weight excluding hydrogens is 226 g/mol. The molecule has 0 radical (unpaired) electrons. The lowest BCUT2D eigenvalue weighted by Gasteiger charge is -2.26. The zero-order valence-electron chi connectivity index (χ0n) is 11.7. The van der Waals surface area contributed by atoms with Crippen LogP contribution in [-0.4, -0.2) is 26.2 Å². The summed E-state index contributed by atoms with van der Waals surface area (Å²) in [6.07, 6.45) is 0.417. The number of aryl methyl sites for hydroxylation is 1. The molecule has 0 saturated heterocycles. The van der Waals surface area contributed by atoms with E-state index in [0.29, 0.717) is 13.0 Å². The quantitative estimate of drug-likeness (QED) is 0.621. The molecule has 0 atom stereocenters. The number of hydrogen-bond acceptors (Lipinski definition) is 3. The molecule has 1 aromatic rings. The van der Waals surface area contributed by atoms with Crippen molar-refractivity contribution in [1.82, 2.24) is 5.32 Å². The predicted molar refractivity (Wildman–Crippen MR) is 73.7 cm³/mol. The standard InChI is InChI=1S/C15H23NO2/c1-12-6-5-7-13(10-12)15(2,3)11-16-9-8-14(17)18-4/h5-7,10,16H,8-9,11H2,1-4H3. The van der Waals surface area contributed by atoms with Crippen LogP contribution < -0.4 is 5.32 Å². The number of nitrogens with one attached hydrogen (secondary N) is 1. The predicted octanol–water partition coefficient (Wildman–Crippen LogP) is 2.43. The van der Waals surface area contributed by atoms with Gasteiger partial charge in [0.05, 0.1) is 13.5 Å². The van der Waals surface area contributed by atoms with E-state index in [0.717, 1.165) is 6.54 Å². The van der Waals surface area contributed by atoms with Gasteiger partial charge in [0, 0.05) is 18.5 Å². The minimum atomic E-state index is -0.170. The van der Waals surface area contributed by atoms with Gasteiger partial charge in [0.2, 0.25) is 0 Å². The average molecular weight is 249 g/mol.